The Kier molecular flexibility index (Phi) is 8.46. The molecule has 1 aromatic heterocycles. The van der Waals surface area contributed by atoms with Crippen LogP contribution in [0, 0.1) is 6.92 Å². The molecule has 0 radical (unpaired) electrons. The molecule has 0 spiro atoms. The number of hydrogen-bond acceptors (Lipinski definition) is 8. The second-order valence-corrected chi connectivity index (χ2v) is 5.77. The van der Waals surface area contributed by atoms with Gasteiger partial charge in [-0.25, -0.2) is 14.4 Å². The van der Waals surface area contributed by atoms with Crippen LogP contribution in [0.2, 0.25) is 0 Å². The van der Waals surface area contributed by atoms with E-state index in [2.05, 4.69) is 9.47 Å². The average Bonchev–Trinajstić information content (AvgIpc) is 2.66. The molecule has 0 aliphatic rings. The number of ether oxygens (including phenoxy) is 4. The summed E-state index contributed by atoms with van der Waals surface area (Å²) in [7, 11) is 2.50. The first-order chi connectivity index (χ1) is 12.9. The van der Waals surface area contributed by atoms with Crippen LogP contribution in [0.3, 0.4) is 0 Å². The standard InChI is InChI=1S/C19H22O8.H2O/c1-5-6-13-11(2)18-14(26-10-17(21)24-4)7-12(25-9-16(20)23-3)8-15(18)27-19(13)22;/h7-8H,5-6,9-10H2,1-4H3;1H2. The molecule has 1 aromatic carbocycles. The maximum atomic E-state index is 12.3. The fourth-order valence-electron chi connectivity index (χ4n) is 2.61. The number of rotatable bonds is 8. The minimum absolute atomic E-state index is 0. The first-order valence-corrected chi connectivity index (χ1v) is 8.40. The molecule has 0 aliphatic heterocycles. The van der Waals surface area contributed by atoms with E-state index in [1.54, 1.807) is 6.92 Å². The first-order valence-electron chi connectivity index (χ1n) is 8.40. The lowest BCUT2D eigenvalue weighted by Gasteiger charge is -2.14. The molecule has 0 saturated carbocycles. The summed E-state index contributed by atoms with van der Waals surface area (Å²) in [6, 6.07) is 3.02. The van der Waals surface area contributed by atoms with E-state index in [4.69, 9.17) is 13.9 Å². The van der Waals surface area contributed by atoms with E-state index in [1.165, 1.54) is 26.4 Å². The predicted octanol–water partition coefficient (Wildman–Crippen LogP) is 1.33. The van der Waals surface area contributed by atoms with Gasteiger partial charge in [0.15, 0.2) is 13.2 Å². The molecule has 0 amide bonds. The molecule has 9 heteroatoms. The number of fused-ring (bicyclic) bond motifs is 1. The van der Waals surface area contributed by atoms with Crippen molar-refractivity contribution in [2.24, 2.45) is 0 Å². The number of carbonyl (C=O) groups is 2. The van der Waals surface area contributed by atoms with Crippen molar-refractivity contribution in [2.45, 2.75) is 26.7 Å². The fourth-order valence-corrected chi connectivity index (χ4v) is 2.61. The van der Waals surface area contributed by atoms with Gasteiger partial charge < -0.3 is 28.8 Å². The Morgan fingerprint density at radius 3 is 2.21 bits per heavy atom. The van der Waals surface area contributed by atoms with Crippen LogP contribution in [0.15, 0.2) is 21.3 Å². The van der Waals surface area contributed by atoms with Gasteiger partial charge >= 0.3 is 17.6 Å². The summed E-state index contributed by atoms with van der Waals surface area (Å²) in [5.41, 5.74) is 1.06. The summed E-state index contributed by atoms with van der Waals surface area (Å²) in [4.78, 5) is 35.0. The number of benzene rings is 1. The Labute approximate surface area is 161 Å². The maximum absolute atomic E-state index is 12.3. The van der Waals surface area contributed by atoms with Crippen LogP contribution in [0.4, 0.5) is 0 Å². The molecule has 1 heterocycles. The average molecular weight is 396 g/mol. The molecule has 2 aromatic rings. The van der Waals surface area contributed by atoms with E-state index in [-0.39, 0.29) is 35.8 Å². The summed E-state index contributed by atoms with van der Waals surface area (Å²) in [5, 5.41) is 0.562. The van der Waals surface area contributed by atoms with Crippen molar-refractivity contribution in [3.05, 3.63) is 33.7 Å². The summed E-state index contributed by atoms with van der Waals surface area (Å²) < 4.78 is 25.5. The molecule has 0 unspecified atom stereocenters. The van der Waals surface area contributed by atoms with Gasteiger partial charge in [0, 0.05) is 17.7 Å². The van der Waals surface area contributed by atoms with Gasteiger partial charge in [0.2, 0.25) is 0 Å². The second kappa shape index (κ2) is 10.3. The van der Waals surface area contributed by atoms with Gasteiger partial charge in [-0.1, -0.05) is 13.3 Å². The van der Waals surface area contributed by atoms with Crippen LogP contribution in [0.25, 0.3) is 11.0 Å². The Balaban J connectivity index is 0.00000392. The highest BCUT2D eigenvalue weighted by atomic mass is 16.6. The number of esters is 2. The summed E-state index contributed by atoms with van der Waals surface area (Å²) >= 11 is 0. The number of aryl methyl sites for hydroxylation is 1. The lowest BCUT2D eigenvalue weighted by atomic mass is 10.0. The molecule has 0 bridgehead atoms. The summed E-state index contributed by atoms with van der Waals surface area (Å²) in [5.74, 6) is -0.606. The lowest BCUT2D eigenvalue weighted by molar-refractivity contribution is -0.143. The monoisotopic (exact) mass is 396 g/mol. The maximum Gasteiger partial charge on any atom is 0.343 e. The van der Waals surface area contributed by atoms with Gasteiger partial charge in [-0.05, 0) is 18.9 Å². The smallest absolute Gasteiger partial charge is 0.343 e. The minimum Gasteiger partial charge on any atom is -0.482 e. The topological polar surface area (TPSA) is 133 Å². The predicted molar refractivity (Wildman–Crippen MR) is 99.9 cm³/mol. The molecule has 2 N–H and O–H groups in total. The minimum atomic E-state index is -0.567. The molecular formula is C19H24O9. The summed E-state index contributed by atoms with van der Waals surface area (Å²) in [6.07, 6.45) is 1.33. The number of hydrogen-bond donors (Lipinski definition) is 0. The number of carbonyl (C=O) groups excluding carboxylic acids is 2. The van der Waals surface area contributed by atoms with Crippen LogP contribution in [-0.4, -0.2) is 44.8 Å². The van der Waals surface area contributed by atoms with E-state index in [9.17, 15) is 14.4 Å². The summed E-state index contributed by atoms with van der Waals surface area (Å²) in [6.45, 7) is 3.11. The van der Waals surface area contributed by atoms with Crippen molar-refractivity contribution in [3.63, 3.8) is 0 Å². The zero-order valence-electron chi connectivity index (χ0n) is 16.2. The normalized spacial score (nSPS) is 10.1. The van der Waals surface area contributed by atoms with Gasteiger partial charge in [0.1, 0.15) is 17.1 Å². The molecule has 0 fully saturated rings. The van der Waals surface area contributed by atoms with Crippen molar-refractivity contribution in [2.75, 3.05) is 27.4 Å². The van der Waals surface area contributed by atoms with Crippen LogP contribution in [0.1, 0.15) is 24.5 Å². The van der Waals surface area contributed by atoms with Gasteiger partial charge in [-0.3, -0.25) is 0 Å². The molecule has 0 saturated heterocycles. The third-order valence-electron chi connectivity index (χ3n) is 3.97. The van der Waals surface area contributed by atoms with Crippen molar-refractivity contribution in [1.82, 2.24) is 0 Å². The highest BCUT2D eigenvalue weighted by molar-refractivity contribution is 5.89. The van der Waals surface area contributed by atoms with E-state index in [0.29, 0.717) is 22.9 Å². The van der Waals surface area contributed by atoms with Gasteiger partial charge in [-0.2, -0.15) is 0 Å². The zero-order valence-corrected chi connectivity index (χ0v) is 16.2. The second-order valence-electron chi connectivity index (χ2n) is 5.77. The molecule has 9 nitrogen and oxygen atoms in total. The largest absolute Gasteiger partial charge is 0.482 e. The van der Waals surface area contributed by atoms with Gasteiger partial charge in [0.05, 0.1) is 19.6 Å². The quantitative estimate of drug-likeness (QED) is 0.482. The third-order valence-corrected chi connectivity index (χ3v) is 3.97. The molecule has 154 valence electrons. The fraction of sp³-hybridized carbons (Fsp3) is 0.421. The number of methoxy groups -OCH3 is 2. The van der Waals surface area contributed by atoms with E-state index < -0.39 is 17.6 Å². The van der Waals surface area contributed by atoms with Crippen LogP contribution >= 0.6 is 0 Å². The van der Waals surface area contributed by atoms with Crippen molar-refractivity contribution in [3.8, 4) is 11.5 Å². The van der Waals surface area contributed by atoms with Crippen molar-refractivity contribution < 1.29 is 38.4 Å². The molecule has 28 heavy (non-hydrogen) atoms. The third kappa shape index (κ3) is 5.23. The van der Waals surface area contributed by atoms with Crippen LogP contribution < -0.4 is 15.1 Å². The highest BCUT2D eigenvalue weighted by Gasteiger charge is 2.18. The molecule has 2 rings (SSSR count). The molecule has 0 aliphatic carbocycles. The SMILES string of the molecule is CCCc1c(C)c2c(OCC(=O)OC)cc(OCC(=O)OC)cc2oc1=O.O. The van der Waals surface area contributed by atoms with Gasteiger partial charge in [0.25, 0.3) is 0 Å². The van der Waals surface area contributed by atoms with Crippen molar-refractivity contribution in [1.29, 1.82) is 0 Å². The van der Waals surface area contributed by atoms with Crippen LogP contribution in [0.5, 0.6) is 11.5 Å². The van der Waals surface area contributed by atoms with Gasteiger partial charge in [-0.15, -0.1) is 0 Å². The highest BCUT2D eigenvalue weighted by Crippen LogP contribution is 2.34. The van der Waals surface area contributed by atoms with E-state index in [1.807, 2.05) is 6.92 Å². The van der Waals surface area contributed by atoms with Crippen molar-refractivity contribution >= 4 is 22.9 Å². The zero-order chi connectivity index (χ0) is 20.0. The lowest BCUT2D eigenvalue weighted by Crippen LogP contribution is -2.15. The Bertz CT molecular complexity index is 898. The Hall–Kier alpha value is -3.07. The Morgan fingerprint density at radius 1 is 1.04 bits per heavy atom. The molecule has 0 atom stereocenters. The first kappa shape index (κ1) is 23.0. The molecular weight excluding hydrogens is 372 g/mol. The van der Waals surface area contributed by atoms with Crippen LogP contribution in [-0.2, 0) is 25.5 Å². The van der Waals surface area contributed by atoms with E-state index >= 15 is 0 Å². The van der Waals surface area contributed by atoms with E-state index in [0.717, 1.165) is 6.42 Å². The Morgan fingerprint density at radius 2 is 1.64 bits per heavy atom.